The second-order valence-electron chi connectivity index (χ2n) is 4.57. The Morgan fingerprint density at radius 1 is 1.32 bits per heavy atom. The van der Waals surface area contributed by atoms with E-state index in [1.807, 2.05) is 43.4 Å². The first-order valence-corrected chi connectivity index (χ1v) is 7.52. The minimum absolute atomic E-state index is 0.165. The number of carbonyl (C=O) groups excluding carboxylic acids is 1. The van der Waals surface area contributed by atoms with Crippen molar-refractivity contribution in [2.24, 2.45) is 5.41 Å². The molecule has 0 radical (unpaired) electrons. The summed E-state index contributed by atoms with van der Waals surface area (Å²) >= 11 is 2.31. The van der Waals surface area contributed by atoms with E-state index < -0.39 is 5.41 Å². The molecule has 0 saturated heterocycles. The van der Waals surface area contributed by atoms with E-state index in [4.69, 9.17) is 4.74 Å². The summed E-state index contributed by atoms with van der Waals surface area (Å²) in [5.74, 6) is -0.165. The van der Waals surface area contributed by atoms with Crippen LogP contribution in [0.3, 0.4) is 0 Å². The van der Waals surface area contributed by atoms with Gasteiger partial charge < -0.3 is 4.74 Å². The summed E-state index contributed by atoms with van der Waals surface area (Å²) in [7, 11) is 0. The Morgan fingerprint density at radius 2 is 2.00 bits per heavy atom. The molecule has 0 saturated carbocycles. The van der Waals surface area contributed by atoms with Gasteiger partial charge in [0.25, 0.3) is 0 Å². The molecular weight excluding hydrogens is 351 g/mol. The number of hydrogen-bond acceptors (Lipinski definition) is 2. The third-order valence-electron chi connectivity index (χ3n) is 3.20. The molecule has 0 fully saturated rings. The standard InChI is InChI=1S/C16H17IO2/c1-2-19-15(18)16(10-6-3-7-11-16)12-13-8-4-5-9-14(13)17/h4-11H,2-3,12H2,1H3. The van der Waals surface area contributed by atoms with Crippen LogP contribution in [0.4, 0.5) is 0 Å². The lowest BCUT2D eigenvalue weighted by Gasteiger charge is -2.27. The fourth-order valence-corrected chi connectivity index (χ4v) is 2.82. The van der Waals surface area contributed by atoms with Crippen LogP contribution in [0, 0.1) is 8.99 Å². The molecule has 0 aliphatic heterocycles. The molecule has 1 aliphatic rings. The smallest absolute Gasteiger partial charge is 0.320 e. The highest BCUT2D eigenvalue weighted by Crippen LogP contribution is 2.33. The third-order valence-corrected chi connectivity index (χ3v) is 4.25. The van der Waals surface area contributed by atoms with Crippen molar-refractivity contribution in [1.29, 1.82) is 0 Å². The maximum atomic E-state index is 12.3. The zero-order valence-electron chi connectivity index (χ0n) is 10.9. The Kier molecular flexibility index (Phi) is 4.80. The summed E-state index contributed by atoms with van der Waals surface area (Å²) in [5, 5.41) is 0. The van der Waals surface area contributed by atoms with Gasteiger partial charge in [0.15, 0.2) is 0 Å². The molecule has 19 heavy (non-hydrogen) atoms. The van der Waals surface area contributed by atoms with Crippen LogP contribution in [0.1, 0.15) is 18.9 Å². The molecule has 0 N–H and O–H groups in total. The fraction of sp³-hybridized carbons (Fsp3) is 0.312. The second-order valence-corrected chi connectivity index (χ2v) is 5.73. The maximum absolute atomic E-state index is 12.3. The predicted octanol–water partition coefficient (Wildman–Crippen LogP) is 3.90. The quantitative estimate of drug-likeness (QED) is 0.458. The molecule has 0 atom stereocenters. The molecule has 0 bridgehead atoms. The molecule has 0 spiro atoms. The largest absolute Gasteiger partial charge is 0.465 e. The molecular formula is C16H17IO2. The van der Waals surface area contributed by atoms with Crippen LogP contribution < -0.4 is 0 Å². The van der Waals surface area contributed by atoms with Gasteiger partial charge in [-0.05, 0) is 54.0 Å². The van der Waals surface area contributed by atoms with E-state index >= 15 is 0 Å². The lowest BCUT2D eigenvalue weighted by Crippen LogP contribution is -2.32. The third kappa shape index (κ3) is 3.26. The number of rotatable bonds is 4. The van der Waals surface area contributed by atoms with E-state index in [1.165, 1.54) is 9.13 Å². The molecule has 2 rings (SSSR count). The molecule has 1 aromatic carbocycles. The number of hydrogen-bond donors (Lipinski definition) is 0. The fourth-order valence-electron chi connectivity index (χ4n) is 2.24. The summed E-state index contributed by atoms with van der Waals surface area (Å²) in [6.45, 7) is 2.25. The van der Waals surface area contributed by atoms with Crippen molar-refractivity contribution in [2.45, 2.75) is 19.8 Å². The topological polar surface area (TPSA) is 26.3 Å². The van der Waals surface area contributed by atoms with Crippen LogP contribution in [0.5, 0.6) is 0 Å². The maximum Gasteiger partial charge on any atom is 0.320 e. The van der Waals surface area contributed by atoms with Gasteiger partial charge in [-0.3, -0.25) is 4.79 Å². The van der Waals surface area contributed by atoms with Crippen molar-refractivity contribution >= 4 is 28.6 Å². The van der Waals surface area contributed by atoms with Crippen molar-refractivity contribution in [3.63, 3.8) is 0 Å². The molecule has 3 heteroatoms. The van der Waals surface area contributed by atoms with Gasteiger partial charge in [-0.25, -0.2) is 0 Å². The van der Waals surface area contributed by atoms with Crippen molar-refractivity contribution in [2.75, 3.05) is 6.61 Å². The van der Waals surface area contributed by atoms with Crippen LogP contribution in [-0.4, -0.2) is 12.6 Å². The minimum Gasteiger partial charge on any atom is -0.465 e. The van der Waals surface area contributed by atoms with Crippen molar-refractivity contribution in [3.8, 4) is 0 Å². The first-order chi connectivity index (χ1) is 9.18. The van der Waals surface area contributed by atoms with Crippen LogP contribution >= 0.6 is 22.6 Å². The van der Waals surface area contributed by atoms with Crippen LogP contribution in [0.2, 0.25) is 0 Å². The van der Waals surface area contributed by atoms with Gasteiger partial charge in [0.1, 0.15) is 5.41 Å². The highest BCUT2D eigenvalue weighted by Gasteiger charge is 2.36. The summed E-state index contributed by atoms with van der Waals surface area (Å²) < 4.78 is 6.43. The Bertz CT molecular complexity index is 505. The summed E-state index contributed by atoms with van der Waals surface area (Å²) in [6, 6.07) is 8.14. The SMILES string of the molecule is CCOC(=O)C1(Cc2ccccc2I)C=CCC=C1. The summed E-state index contributed by atoms with van der Waals surface area (Å²) in [6.07, 6.45) is 9.56. The zero-order valence-corrected chi connectivity index (χ0v) is 13.1. The molecule has 0 unspecified atom stereocenters. The van der Waals surface area contributed by atoms with Gasteiger partial charge in [-0.1, -0.05) is 42.5 Å². The highest BCUT2D eigenvalue weighted by molar-refractivity contribution is 14.1. The van der Waals surface area contributed by atoms with E-state index in [2.05, 4.69) is 34.7 Å². The number of allylic oxidation sites excluding steroid dienone is 2. The van der Waals surface area contributed by atoms with E-state index in [9.17, 15) is 4.79 Å². The van der Waals surface area contributed by atoms with Gasteiger partial charge in [0, 0.05) is 3.57 Å². The van der Waals surface area contributed by atoms with E-state index in [0.29, 0.717) is 13.0 Å². The molecule has 100 valence electrons. The molecule has 1 aromatic rings. The highest BCUT2D eigenvalue weighted by atomic mass is 127. The molecule has 2 nitrogen and oxygen atoms in total. The molecule has 1 aliphatic carbocycles. The van der Waals surface area contributed by atoms with Gasteiger partial charge in [0.05, 0.1) is 6.61 Å². The molecule has 0 heterocycles. The first kappa shape index (κ1) is 14.3. The monoisotopic (exact) mass is 368 g/mol. The van der Waals surface area contributed by atoms with Gasteiger partial charge in [0.2, 0.25) is 0 Å². The molecule has 0 aromatic heterocycles. The Balaban J connectivity index is 2.32. The Labute approximate surface area is 127 Å². The number of ether oxygens (including phenoxy) is 1. The minimum atomic E-state index is -0.643. The van der Waals surface area contributed by atoms with Crippen LogP contribution in [-0.2, 0) is 16.0 Å². The number of benzene rings is 1. The number of esters is 1. The second kappa shape index (κ2) is 6.37. The molecule has 0 amide bonds. The Morgan fingerprint density at radius 3 is 2.63 bits per heavy atom. The lowest BCUT2D eigenvalue weighted by atomic mass is 9.78. The van der Waals surface area contributed by atoms with Crippen molar-refractivity contribution in [3.05, 3.63) is 57.7 Å². The van der Waals surface area contributed by atoms with E-state index in [1.54, 1.807) is 0 Å². The predicted molar refractivity (Wildman–Crippen MR) is 84.8 cm³/mol. The number of carbonyl (C=O) groups is 1. The van der Waals surface area contributed by atoms with Gasteiger partial charge in [-0.2, -0.15) is 0 Å². The average molecular weight is 368 g/mol. The summed E-state index contributed by atoms with van der Waals surface area (Å²) in [4.78, 5) is 12.3. The van der Waals surface area contributed by atoms with Crippen molar-refractivity contribution in [1.82, 2.24) is 0 Å². The van der Waals surface area contributed by atoms with Crippen molar-refractivity contribution < 1.29 is 9.53 Å². The summed E-state index contributed by atoms with van der Waals surface area (Å²) in [5.41, 5.74) is 0.530. The number of halogens is 1. The zero-order chi connectivity index (χ0) is 13.7. The normalized spacial score (nSPS) is 16.3. The lowest BCUT2D eigenvalue weighted by molar-refractivity contribution is -0.150. The van der Waals surface area contributed by atoms with E-state index in [-0.39, 0.29) is 5.97 Å². The van der Waals surface area contributed by atoms with E-state index in [0.717, 1.165) is 6.42 Å². The van der Waals surface area contributed by atoms with Crippen LogP contribution in [0.25, 0.3) is 0 Å². The van der Waals surface area contributed by atoms with Gasteiger partial charge >= 0.3 is 5.97 Å². The van der Waals surface area contributed by atoms with Gasteiger partial charge in [-0.15, -0.1) is 0 Å². The van der Waals surface area contributed by atoms with Crippen LogP contribution in [0.15, 0.2) is 48.6 Å². The Hall–Kier alpha value is -1.10. The first-order valence-electron chi connectivity index (χ1n) is 6.44. The average Bonchev–Trinajstić information content (AvgIpc) is 2.43.